The highest BCUT2D eigenvalue weighted by molar-refractivity contribution is 6.33. The third-order valence-electron chi connectivity index (χ3n) is 3.96. The summed E-state index contributed by atoms with van der Waals surface area (Å²) in [7, 11) is 0. The molecule has 0 saturated heterocycles. The van der Waals surface area contributed by atoms with Crippen LogP contribution >= 0.6 is 11.6 Å². The summed E-state index contributed by atoms with van der Waals surface area (Å²) in [5, 5.41) is 3.72. The van der Waals surface area contributed by atoms with E-state index < -0.39 is 17.5 Å². The van der Waals surface area contributed by atoms with Crippen molar-refractivity contribution in [1.82, 2.24) is 5.32 Å². The Morgan fingerprint density at radius 3 is 2.52 bits per heavy atom. The molecule has 2 rings (SSSR count). The quantitative estimate of drug-likeness (QED) is 0.697. The molecule has 1 unspecified atom stereocenters. The molecule has 3 nitrogen and oxygen atoms in total. The van der Waals surface area contributed by atoms with Crippen LogP contribution in [0.4, 0.5) is 8.78 Å². The first-order chi connectivity index (χ1) is 11.9. The molecule has 25 heavy (non-hydrogen) atoms. The highest BCUT2D eigenvalue weighted by Gasteiger charge is 2.08. The summed E-state index contributed by atoms with van der Waals surface area (Å²) in [6, 6.07) is 9.36. The predicted octanol–water partition coefficient (Wildman–Crippen LogP) is 3.87. The zero-order valence-corrected chi connectivity index (χ0v) is 14.7. The fourth-order valence-corrected chi connectivity index (χ4v) is 2.94. The Bertz CT molecular complexity index is 752. The maximum absolute atomic E-state index is 13.2. The summed E-state index contributed by atoms with van der Waals surface area (Å²) in [4.78, 5) is 11.1. The summed E-state index contributed by atoms with van der Waals surface area (Å²) < 4.78 is 26.1. The first-order valence-corrected chi connectivity index (χ1v) is 8.50. The van der Waals surface area contributed by atoms with Crippen molar-refractivity contribution in [2.75, 3.05) is 6.54 Å². The molecule has 134 valence electrons. The van der Waals surface area contributed by atoms with Crippen molar-refractivity contribution in [3.05, 3.63) is 69.7 Å². The van der Waals surface area contributed by atoms with Gasteiger partial charge in [0.25, 0.3) is 0 Å². The molecule has 2 aromatic carbocycles. The zero-order valence-electron chi connectivity index (χ0n) is 14.0. The molecule has 0 aliphatic carbocycles. The minimum atomic E-state index is -0.828. The molecule has 0 spiro atoms. The van der Waals surface area contributed by atoms with Gasteiger partial charge >= 0.3 is 0 Å². The Labute approximate surface area is 151 Å². The van der Waals surface area contributed by atoms with E-state index >= 15 is 0 Å². The number of primary amides is 1. The predicted molar refractivity (Wildman–Crippen MR) is 95.8 cm³/mol. The smallest absolute Gasteiger partial charge is 0.250 e. The summed E-state index contributed by atoms with van der Waals surface area (Å²) in [6.07, 6.45) is 2.31. The van der Waals surface area contributed by atoms with Gasteiger partial charge in [-0.25, -0.2) is 8.78 Å². The van der Waals surface area contributed by atoms with Crippen LogP contribution in [0, 0.1) is 11.6 Å². The summed E-state index contributed by atoms with van der Waals surface area (Å²) in [6.45, 7) is 2.78. The second kappa shape index (κ2) is 8.92. The van der Waals surface area contributed by atoms with Gasteiger partial charge in [-0.3, -0.25) is 4.79 Å². The molecule has 0 aromatic heterocycles. The van der Waals surface area contributed by atoms with Crippen molar-refractivity contribution < 1.29 is 13.6 Å². The van der Waals surface area contributed by atoms with Crippen LogP contribution in [0.1, 0.15) is 34.8 Å². The van der Waals surface area contributed by atoms with Gasteiger partial charge in [-0.1, -0.05) is 23.7 Å². The van der Waals surface area contributed by atoms with Gasteiger partial charge in [-0.05, 0) is 68.1 Å². The third kappa shape index (κ3) is 5.80. The standard InChI is InChI=1S/C19H21ClF2N2O/c1-12(9-14-5-7-17(21)18(22)11-14)24-8-2-3-13-4-6-15(19(23)25)16(20)10-13/h4-7,10-12,24H,2-3,8-9H2,1H3,(H2,23,25). The lowest BCUT2D eigenvalue weighted by atomic mass is 10.1. The molecule has 0 aliphatic rings. The molecule has 0 fully saturated rings. The lowest BCUT2D eigenvalue weighted by Gasteiger charge is -2.14. The SMILES string of the molecule is CC(Cc1ccc(F)c(F)c1)NCCCc1ccc(C(N)=O)c(Cl)c1. The van der Waals surface area contributed by atoms with E-state index in [1.807, 2.05) is 13.0 Å². The van der Waals surface area contributed by atoms with Gasteiger partial charge in [-0.15, -0.1) is 0 Å². The van der Waals surface area contributed by atoms with Crippen molar-refractivity contribution in [2.45, 2.75) is 32.2 Å². The van der Waals surface area contributed by atoms with Crippen LogP contribution in [-0.4, -0.2) is 18.5 Å². The second-order valence-electron chi connectivity index (χ2n) is 6.09. The Morgan fingerprint density at radius 2 is 1.88 bits per heavy atom. The lowest BCUT2D eigenvalue weighted by Crippen LogP contribution is -2.29. The number of carbonyl (C=O) groups excluding carboxylic acids is 1. The molecule has 0 bridgehead atoms. The van der Waals surface area contributed by atoms with Crippen molar-refractivity contribution in [1.29, 1.82) is 0 Å². The molecule has 0 aliphatic heterocycles. The Kier molecular flexibility index (Phi) is 6.91. The molecule has 0 radical (unpaired) electrons. The normalized spacial score (nSPS) is 12.2. The highest BCUT2D eigenvalue weighted by atomic mass is 35.5. The third-order valence-corrected chi connectivity index (χ3v) is 4.27. The number of nitrogens with one attached hydrogen (secondary N) is 1. The van der Waals surface area contributed by atoms with Gasteiger partial charge in [0.15, 0.2) is 11.6 Å². The molecule has 0 saturated carbocycles. The number of benzene rings is 2. The first-order valence-electron chi connectivity index (χ1n) is 8.12. The molecular formula is C19H21ClF2N2O. The molecule has 0 heterocycles. The summed E-state index contributed by atoms with van der Waals surface area (Å²) in [5.41, 5.74) is 7.34. The van der Waals surface area contributed by atoms with E-state index in [2.05, 4.69) is 5.32 Å². The van der Waals surface area contributed by atoms with Crippen molar-refractivity contribution >= 4 is 17.5 Å². The van der Waals surface area contributed by atoms with Gasteiger partial charge in [-0.2, -0.15) is 0 Å². The maximum Gasteiger partial charge on any atom is 0.250 e. The molecule has 1 amide bonds. The molecule has 2 aromatic rings. The van der Waals surface area contributed by atoms with Gasteiger partial charge < -0.3 is 11.1 Å². The first kappa shape index (κ1) is 19.3. The average Bonchev–Trinajstić information content (AvgIpc) is 2.55. The number of aryl methyl sites for hydroxylation is 1. The van der Waals surface area contributed by atoms with Crippen LogP contribution in [0.2, 0.25) is 5.02 Å². The maximum atomic E-state index is 13.2. The van der Waals surface area contributed by atoms with E-state index in [9.17, 15) is 13.6 Å². The Hall–Kier alpha value is -1.98. The topological polar surface area (TPSA) is 55.1 Å². The van der Waals surface area contributed by atoms with Gasteiger partial charge in [0.1, 0.15) is 0 Å². The van der Waals surface area contributed by atoms with E-state index in [4.69, 9.17) is 17.3 Å². The van der Waals surface area contributed by atoms with Gasteiger partial charge in [0.05, 0.1) is 10.6 Å². The molecular weight excluding hydrogens is 346 g/mol. The molecule has 1 atom stereocenters. The lowest BCUT2D eigenvalue weighted by molar-refractivity contribution is 0.100. The van der Waals surface area contributed by atoms with Crippen LogP contribution in [0.15, 0.2) is 36.4 Å². The minimum Gasteiger partial charge on any atom is -0.366 e. The second-order valence-corrected chi connectivity index (χ2v) is 6.50. The number of hydrogen-bond acceptors (Lipinski definition) is 2. The van der Waals surface area contributed by atoms with E-state index in [1.165, 1.54) is 6.07 Å². The van der Waals surface area contributed by atoms with E-state index in [-0.39, 0.29) is 6.04 Å². The van der Waals surface area contributed by atoms with Gasteiger partial charge in [0.2, 0.25) is 5.91 Å². The zero-order chi connectivity index (χ0) is 18.4. The van der Waals surface area contributed by atoms with Crippen molar-refractivity contribution in [3.63, 3.8) is 0 Å². The molecule has 6 heteroatoms. The number of nitrogens with two attached hydrogens (primary N) is 1. The van der Waals surface area contributed by atoms with Crippen molar-refractivity contribution in [2.24, 2.45) is 5.73 Å². The van der Waals surface area contributed by atoms with Crippen LogP contribution in [0.3, 0.4) is 0 Å². The largest absolute Gasteiger partial charge is 0.366 e. The van der Waals surface area contributed by atoms with Crippen molar-refractivity contribution in [3.8, 4) is 0 Å². The van der Waals surface area contributed by atoms with E-state index in [1.54, 1.807) is 18.2 Å². The summed E-state index contributed by atoms with van der Waals surface area (Å²) in [5.74, 6) is -2.18. The van der Waals surface area contributed by atoms with E-state index in [0.717, 1.165) is 36.6 Å². The van der Waals surface area contributed by atoms with Crippen LogP contribution in [0.5, 0.6) is 0 Å². The number of halogens is 3. The van der Waals surface area contributed by atoms with Crippen LogP contribution < -0.4 is 11.1 Å². The molecule has 3 N–H and O–H groups in total. The number of rotatable bonds is 8. The fraction of sp³-hybridized carbons (Fsp3) is 0.316. The number of hydrogen-bond donors (Lipinski definition) is 2. The summed E-state index contributed by atoms with van der Waals surface area (Å²) >= 11 is 6.03. The number of amides is 1. The highest BCUT2D eigenvalue weighted by Crippen LogP contribution is 2.18. The Balaban J connectivity index is 1.76. The average molecular weight is 367 g/mol. The van der Waals surface area contributed by atoms with Crippen LogP contribution in [0.25, 0.3) is 0 Å². The monoisotopic (exact) mass is 366 g/mol. The number of carbonyl (C=O) groups is 1. The van der Waals surface area contributed by atoms with Crippen LogP contribution in [-0.2, 0) is 12.8 Å². The van der Waals surface area contributed by atoms with Gasteiger partial charge in [0, 0.05) is 6.04 Å². The fourth-order valence-electron chi connectivity index (χ4n) is 2.65. The Morgan fingerprint density at radius 1 is 1.16 bits per heavy atom. The minimum absolute atomic E-state index is 0.144. The van der Waals surface area contributed by atoms with E-state index in [0.29, 0.717) is 17.0 Å².